The van der Waals surface area contributed by atoms with Gasteiger partial charge in [0.05, 0.1) is 0 Å². The zero-order valence-corrected chi connectivity index (χ0v) is 17.1. The van der Waals surface area contributed by atoms with Crippen molar-refractivity contribution in [1.82, 2.24) is 9.88 Å². The molecule has 5 rings (SSSR count). The first kappa shape index (κ1) is 19.5. The maximum absolute atomic E-state index is 14.2. The van der Waals surface area contributed by atoms with Gasteiger partial charge in [0, 0.05) is 18.5 Å². The molecule has 156 valence electrons. The second-order valence-electron chi connectivity index (χ2n) is 7.95. The second-order valence-corrected chi connectivity index (χ2v) is 7.95. The van der Waals surface area contributed by atoms with E-state index in [1.54, 1.807) is 12.1 Å². The lowest BCUT2D eigenvalue weighted by atomic mass is 10.0. The predicted octanol–water partition coefficient (Wildman–Crippen LogP) is 5.93. The molecule has 0 spiro atoms. The van der Waals surface area contributed by atoms with E-state index in [2.05, 4.69) is 4.98 Å². The molecule has 0 aliphatic carbocycles. The van der Waals surface area contributed by atoms with Crippen molar-refractivity contribution in [2.75, 3.05) is 6.54 Å². The molecule has 1 fully saturated rings. The van der Waals surface area contributed by atoms with Crippen molar-refractivity contribution in [1.29, 1.82) is 0 Å². The molecule has 4 aromatic rings. The predicted molar refractivity (Wildman–Crippen MR) is 118 cm³/mol. The molecule has 5 heteroatoms. The third-order valence-electron chi connectivity index (χ3n) is 5.92. The normalized spacial score (nSPS) is 16.2. The van der Waals surface area contributed by atoms with Crippen molar-refractivity contribution in [2.45, 2.75) is 31.7 Å². The highest BCUT2D eigenvalue weighted by Gasteiger charge is 2.33. The number of carbonyl (C=O) groups excluding carboxylic acids is 1. The van der Waals surface area contributed by atoms with Crippen LogP contribution in [0, 0.1) is 5.82 Å². The number of hydrogen-bond donors (Lipinski definition) is 0. The molecule has 4 nitrogen and oxygen atoms in total. The Hall–Kier alpha value is -3.47. The van der Waals surface area contributed by atoms with E-state index in [0.29, 0.717) is 29.0 Å². The largest absolute Gasteiger partial charge is 0.438 e. The summed E-state index contributed by atoms with van der Waals surface area (Å²) in [5.74, 6) is 0.420. The van der Waals surface area contributed by atoms with Crippen LogP contribution in [-0.4, -0.2) is 22.3 Å². The Morgan fingerprint density at radius 3 is 2.71 bits per heavy atom. The SMILES string of the molecule is O=C(CCc1ccccc1)N1CCC[C@@H]1c1nc2cc(-c3ccccc3F)ccc2o1. The summed E-state index contributed by atoms with van der Waals surface area (Å²) >= 11 is 0. The summed E-state index contributed by atoms with van der Waals surface area (Å²) in [5, 5.41) is 0. The third-order valence-corrected chi connectivity index (χ3v) is 5.92. The number of benzene rings is 3. The molecule has 0 unspecified atom stereocenters. The van der Waals surface area contributed by atoms with Gasteiger partial charge in [-0.1, -0.05) is 54.6 Å². The van der Waals surface area contributed by atoms with E-state index in [1.165, 1.54) is 6.07 Å². The Bertz CT molecular complexity index is 1220. The van der Waals surface area contributed by atoms with E-state index < -0.39 is 0 Å². The van der Waals surface area contributed by atoms with E-state index in [9.17, 15) is 9.18 Å². The molecule has 0 bridgehead atoms. The number of hydrogen-bond acceptors (Lipinski definition) is 3. The van der Waals surface area contributed by atoms with Crippen LogP contribution in [0.25, 0.3) is 22.2 Å². The smallest absolute Gasteiger partial charge is 0.223 e. The lowest BCUT2D eigenvalue weighted by Gasteiger charge is -2.22. The van der Waals surface area contributed by atoms with Gasteiger partial charge in [-0.15, -0.1) is 0 Å². The molecule has 31 heavy (non-hydrogen) atoms. The van der Waals surface area contributed by atoms with Crippen molar-refractivity contribution in [3.8, 4) is 11.1 Å². The van der Waals surface area contributed by atoms with E-state index in [4.69, 9.17) is 4.42 Å². The highest BCUT2D eigenvalue weighted by molar-refractivity contribution is 5.81. The fraction of sp³-hybridized carbons (Fsp3) is 0.231. The Morgan fingerprint density at radius 1 is 1.06 bits per heavy atom. The van der Waals surface area contributed by atoms with Crippen LogP contribution >= 0.6 is 0 Å². The van der Waals surface area contributed by atoms with Crippen LogP contribution in [0.15, 0.2) is 77.2 Å². The monoisotopic (exact) mass is 414 g/mol. The molecule has 0 radical (unpaired) electrons. The number of likely N-dealkylation sites (tertiary alicyclic amines) is 1. The van der Waals surface area contributed by atoms with Gasteiger partial charge in [-0.25, -0.2) is 9.37 Å². The van der Waals surface area contributed by atoms with Crippen molar-refractivity contribution in [3.63, 3.8) is 0 Å². The number of aromatic nitrogens is 1. The van der Waals surface area contributed by atoms with E-state index >= 15 is 0 Å². The standard InChI is InChI=1S/C26H23FN2O2/c27-21-10-5-4-9-20(21)19-13-14-24-22(17-19)28-26(31-24)23-11-6-16-29(23)25(30)15-12-18-7-2-1-3-8-18/h1-5,7-10,13-14,17,23H,6,11-12,15-16H2/t23-/m1/s1. The third kappa shape index (κ3) is 3.96. The number of nitrogens with zero attached hydrogens (tertiary/aromatic N) is 2. The van der Waals surface area contributed by atoms with Gasteiger partial charge in [-0.2, -0.15) is 0 Å². The van der Waals surface area contributed by atoms with Crippen molar-refractivity contribution in [2.24, 2.45) is 0 Å². The van der Waals surface area contributed by atoms with Crippen LogP contribution in [0.2, 0.25) is 0 Å². The van der Waals surface area contributed by atoms with Crippen molar-refractivity contribution in [3.05, 3.63) is 90.1 Å². The molecule has 1 atom stereocenters. The van der Waals surface area contributed by atoms with Gasteiger partial charge in [-0.3, -0.25) is 4.79 Å². The van der Waals surface area contributed by atoms with Gasteiger partial charge in [-0.05, 0) is 48.6 Å². The van der Waals surface area contributed by atoms with Crippen LogP contribution in [0.3, 0.4) is 0 Å². The van der Waals surface area contributed by atoms with Gasteiger partial charge < -0.3 is 9.32 Å². The van der Waals surface area contributed by atoms with Gasteiger partial charge >= 0.3 is 0 Å². The van der Waals surface area contributed by atoms with Crippen molar-refractivity contribution >= 4 is 17.0 Å². The molecule has 0 N–H and O–H groups in total. The first-order chi connectivity index (χ1) is 15.2. The van der Waals surface area contributed by atoms with E-state index in [-0.39, 0.29) is 17.8 Å². The molecule has 1 aliphatic heterocycles. The van der Waals surface area contributed by atoms with Crippen LogP contribution < -0.4 is 0 Å². The zero-order chi connectivity index (χ0) is 21.2. The average Bonchev–Trinajstić information content (AvgIpc) is 3.45. The Labute approximate surface area is 180 Å². The number of amides is 1. The van der Waals surface area contributed by atoms with Crippen LogP contribution in [0.1, 0.15) is 36.8 Å². The Balaban J connectivity index is 1.36. The molecule has 3 aromatic carbocycles. The van der Waals surface area contributed by atoms with Gasteiger partial charge in [0.1, 0.15) is 17.4 Å². The summed E-state index contributed by atoms with van der Waals surface area (Å²) in [6, 6.07) is 22.1. The number of oxazole rings is 1. The van der Waals surface area contributed by atoms with Crippen LogP contribution in [-0.2, 0) is 11.2 Å². The van der Waals surface area contributed by atoms with Crippen LogP contribution in [0.4, 0.5) is 4.39 Å². The Morgan fingerprint density at radius 2 is 1.87 bits per heavy atom. The van der Waals surface area contributed by atoms with E-state index in [0.717, 1.165) is 36.9 Å². The Kier molecular flexibility index (Phi) is 5.24. The van der Waals surface area contributed by atoms with Crippen molar-refractivity contribution < 1.29 is 13.6 Å². The fourth-order valence-electron chi connectivity index (χ4n) is 4.31. The minimum Gasteiger partial charge on any atom is -0.438 e. The number of rotatable bonds is 5. The lowest BCUT2D eigenvalue weighted by Crippen LogP contribution is -2.30. The summed E-state index contributed by atoms with van der Waals surface area (Å²) in [4.78, 5) is 19.5. The lowest BCUT2D eigenvalue weighted by molar-refractivity contribution is -0.132. The van der Waals surface area contributed by atoms with E-state index in [1.807, 2.05) is 59.5 Å². The molecule has 2 heterocycles. The summed E-state index contributed by atoms with van der Waals surface area (Å²) in [5.41, 5.74) is 3.78. The second kappa shape index (κ2) is 8.34. The quantitative estimate of drug-likeness (QED) is 0.407. The fourth-order valence-corrected chi connectivity index (χ4v) is 4.31. The molecular formula is C26H23FN2O2. The minimum atomic E-state index is -0.267. The number of carbonyl (C=O) groups is 1. The average molecular weight is 414 g/mol. The number of halogens is 1. The summed E-state index contributed by atoms with van der Waals surface area (Å²) in [7, 11) is 0. The summed E-state index contributed by atoms with van der Waals surface area (Å²) in [6.07, 6.45) is 2.96. The first-order valence-corrected chi connectivity index (χ1v) is 10.7. The minimum absolute atomic E-state index is 0.126. The molecule has 1 amide bonds. The first-order valence-electron chi connectivity index (χ1n) is 10.7. The topological polar surface area (TPSA) is 46.3 Å². The molecular weight excluding hydrogens is 391 g/mol. The van der Waals surface area contributed by atoms with Gasteiger partial charge in [0.25, 0.3) is 0 Å². The number of aryl methyl sites for hydroxylation is 1. The summed E-state index contributed by atoms with van der Waals surface area (Å²) < 4.78 is 20.2. The highest BCUT2D eigenvalue weighted by Crippen LogP contribution is 2.35. The molecule has 0 saturated carbocycles. The molecule has 1 aromatic heterocycles. The van der Waals surface area contributed by atoms with Gasteiger partial charge in [0.2, 0.25) is 11.8 Å². The summed E-state index contributed by atoms with van der Waals surface area (Å²) in [6.45, 7) is 0.720. The van der Waals surface area contributed by atoms with Crippen LogP contribution in [0.5, 0.6) is 0 Å². The maximum Gasteiger partial charge on any atom is 0.223 e. The molecule has 1 saturated heterocycles. The number of fused-ring (bicyclic) bond motifs is 1. The highest BCUT2D eigenvalue weighted by atomic mass is 19.1. The zero-order valence-electron chi connectivity index (χ0n) is 17.1. The maximum atomic E-state index is 14.2. The molecule has 1 aliphatic rings. The van der Waals surface area contributed by atoms with Gasteiger partial charge in [0.15, 0.2) is 5.58 Å².